The Bertz CT molecular complexity index is 830. The lowest BCUT2D eigenvalue weighted by Gasteiger charge is -2.40. The average molecular weight is 375 g/mol. The molecule has 0 aliphatic carbocycles. The van der Waals surface area contributed by atoms with Crippen LogP contribution in [0.5, 0.6) is 0 Å². The quantitative estimate of drug-likeness (QED) is 0.870. The number of hydrogen-bond donors (Lipinski definition) is 1. The van der Waals surface area contributed by atoms with Crippen LogP contribution in [0, 0.1) is 0 Å². The van der Waals surface area contributed by atoms with Crippen molar-refractivity contribution in [2.75, 3.05) is 18.0 Å². The number of nitrogens with zero attached hydrogens (tertiary/aromatic N) is 2. The molecule has 1 atom stereocenters. The maximum atomic E-state index is 12.9. The highest BCUT2D eigenvalue weighted by molar-refractivity contribution is 5.87. The second kappa shape index (κ2) is 6.55. The molecule has 27 heavy (non-hydrogen) atoms. The predicted molar refractivity (Wildman–Crippen MR) is 95.4 cm³/mol. The zero-order valence-corrected chi connectivity index (χ0v) is 14.7. The van der Waals surface area contributed by atoms with Gasteiger partial charge in [0.25, 0.3) is 0 Å². The van der Waals surface area contributed by atoms with Crippen LogP contribution in [0.1, 0.15) is 36.3 Å². The van der Waals surface area contributed by atoms with Gasteiger partial charge in [-0.15, -0.1) is 0 Å². The average Bonchev–Trinajstić information content (AvgIpc) is 2.98. The normalized spacial score (nSPS) is 22.1. The molecule has 1 aromatic heterocycles. The van der Waals surface area contributed by atoms with E-state index in [-0.39, 0.29) is 17.4 Å². The van der Waals surface area contributed by atoms with Crippen molar-refractivity contribution in [3.63, 3.8) is 0 Å². The molecule has 2 fully saturated rings. The van der Waals surface area contributed by atoms with E-state index in [2.05, 4.69) is 10.3 Å². The third-order valence-corrected chi connectivity index (χ3v) is 5.62. The molecule has 1 N–H and O–H groups in total. The zero-order chi connectivity index (χ0) is 19.1. The highest BCUT2D eigenvalue weighted by Gasteiger charge is 2.46. The molecular formula is C20H20F3N3O. The molecule has 7 heteroatoms. The lowest BCUT2D eigenvalue weighted by Crippen LogP contribution is -2.51. The van der Waals surface area contributed by atoms with Crippen molar-refractivity contribution in [1.82, 2.24) is 10.3 Å². The number of rotatable bonds is 2. The van der Waals surface area contributed by atoms with Gasteiger partial charge in [-0.2, -0.15) is 13.2 Å². The Hall–Kier alpha value is -2.57. The predicted octanol–water partition coefficient (Wildman–Crippen LogP) is 3.74. The van der Waals surface area contributed by atoms with Gasteiger partial charge in [-0.3, -0.25) is 4.79 Å². The van der Waals surface area contributed by atoms with Crippen molar-refractivity contribution in [2.24, 2.45) is 0 Å². The number of aromatic nitrogens is 1. The van der Waals surface area contributed by atoms with Crippen molar-refractivity contribution < 1.29 is 18.0 Å². The van der Waals surface area contributed by atoms with Crippen LogP contribution in [-0.2, 0) is 11.0 Å². The number of carbonyl (C=O) groups is 1. The van der Waals surface area contributed by atoms with E-state index >= 15 is 0 Å². The van der Waals surface area contributed by atoms with Gasteiger partial charge in [0.2, 0.25) is 5.91 Å². The number of carbonyl (C=O) groups excluding carboxylic acids is 1. The van der Waals surface area contributed by atoms with E-state index in [0.29, 0.717) is 31.7 Å². The molecule has 4 rings (SSSR count). The number of alkyl halides is 3. The van der Waals surface area contributed by atoms with Crippen molar-refractivity contribution in [3.8, 4) is 0 Å². The van der Waals surface area contributed by atoms with Crippen LogP contribution in [0.15, 0.2) is 48.7 Å². The number of anilines is 1. The first-order valence-corrected chi connectivity index (χ1v) is 9.02. The molecule has 0 radical (unpaired) electrons. The molecule has 1 unspecified atom stereocenters. The number of nitrogens with one attached hydrogen (secondary N) is 1. The first-order chi connectivity index (χ1) is 12.9. The van der Waals surface area contributed by atoms with Crippen molar-refractivity contribution in [2.45, 2.75) is 36.9 Å². The minimum absolute atomic E-state index is 0.0341. The van der Waals surface area contributed by atoms with Gasteiger partial charge in [-0.1, -0.05) is 30.3 Å². The maximum absolute atomic E-state index is 12.9. The molecule has 2 aliphatic heterocycles. The number of benzene rings is 1. The van der Waals surface area contributed by atoms with Gasteiger partial charge in [0.1, 0.15) is 5.82 Å². The summed E-state index contributed by atoms with van der Waals surface area (Å²) >= 11 is 0. The summed E-state index contributed by atoms with van der Waals surface area (Å²) < 4.78 is 38.8. The molecule has 2 aromatic rings. The smallest absolute Gasteiger partial charge is 0.356 e. The van der Waals surface area contributed by atoms with Gasteiger partial charge < -0.3 is 10.2 Å². The van der Waals surface area contributed by atoms with E-state index in [1.54, 1.807) is 0 Å². The van der Waals surface area contributed by atoms with E-state index in [0.717, 1.165) is 24.1 Å². The second-order valence-corrected chi connectivity index (χ2v) is 7.32. The van der Waals surface area contributed by atoms with Crippen molar-refractivity contribution >= 4 is 11.7 Å². The number of hydrogen-bond acceptors (Lipinski definition) is 3. The van der Waals surface area contributed by atoms with E-state index in [1.165, 1.54) is 6.20 Å². The minimum Gasteiger partial charge on any atom is -0.356 e. The summed E-state index contributed by atoms with van der Waals surface area (Å²) in [5.41, 5.74) is 0.0374. The molecule has 2 saturated heterocycles. The standard InChI is InChI=1S/C20H20F3N3O/c21-20(22,23)15-6-9-24-17(12-15)26-10-7-19(8-11-26)13-16(18(27)25-19)14-4-2-1-3-5-14/h1-6,9,12,16H,7-8,10-11,13H2,(H,25,27). The monoisotopic (exact) mass is 375 g/mol. The topological polar surface area (TPSA) is 45.2 Å². The van der Waals surface area contributed by atoms with Gasteiger partial charge in [-0.05, 0) is 37.0 Å². The third kappa shape index (κ3) is 3.50. The van der Waals surface area contributed by atoms with Crippen LogP contribution in [0.25, 0.3) is 0 Å². The Kier molecular flexibility index (Phi) is 4.32. The molecule has 3 heterocycles. The summed E-state index contributed by atoms with van der Waals surface area (Å²) in [6, 6.07) is 11.8. The van der Waals surface area contributed by atoms with Crippen molar-refractivity contribution in [1.29, 1.82) is 0 Å². The maximum Gasteiger partial charge on any atom is 0.416 e. The largest absolute Gasteiger partial charge is 0.416 e. The second-order valence-electron chi connectivity index (χ2n) is 7.32. The fraction of sp³-hybridized carbons (Fsp3) is 0.400. The summed E-state index contributed by atoms with van der Waals surface area (Å²) in [6.07, 6.45) is -1.07. The Labute approximate surface area is 155 Å². The van der Waals surface area contributed by atoms with Crippen LogP contribution in [-0.4, -0.2) is 29.5 Å². The first kappa shape index (κ1) is 17.8. The number of pyridine rings is 1. The lowest BCUT2D eigenvalue weighted by atomic mass is 9.82. The molecule has 1 aromatic carbocycles. The van der Waals surface area contributed by atoms with Gasteiger partial charge in [0.15, 0.2) is 0 Å². The van der Waals surface area contributed by atoms with Gasteiger partial charge in [0.05, 0.1) is 11.5 Å². The molecule has 1 amide bonds. The van der Waals surface area contributed by atoms with Gasteiger partial charge in [0, 0.05) is 24.8 Å². The number of piperidine rings is 1. The minimum atomic E-state index is -4.38. The molecule has 0 saturated carbocycles. The Morgan fingerprint density at radius 2 is 1.81 bits per heavy atom. The van der Waals surface area contributed by atoms with Crippen LogP contribution in [0.4, 0.5) is 19.0 Å². The number of halogens is 3. The molecule has 4 nitrogen and oxygen atoms in total. The summed E-state index contributed by atoms with van der Waals surface area (Å²) in [6.45, 7) is 1.13. The van der Waals surface area contributed by atoms with E-state index in [1.807, 2.05) is 35.2 Å². The van der Waals surface area contributed by atoms with Gasteiger partial charge in [-0.25, -0.2) is 4.98 Å². The summed E-state index contributed by atoms with van der Waals surface area (Å²) in [5.74, 6) is 0.208. The fourth-order valence-electron chi connectivity index (χ4n) is 4.10. The van der Waals surface area contributed by atoms with Crippen LogP contribution < -0.4 is 10.2 Å². The Morgan fingerprint density at radius 1 is 1.11 bits per heavy atom. The number of amides is 1. The molecule has 1 spiro atoms. The van der Waals surface area contributed by atoms with Crippen molar-refractivity contribution in [3.05, 3.63) is 59.8 Å². The highest BCUT2D eigenvalue weighted by Crippen LogP contribution is 2.40. The van der Waals surface area contributed by atoms with E-state index in [4.69, 9.17) is 0 Å². The zero-order valence-electron chi connectivity index (χ0n) is 14.7. The molecule has 0 bridgehead atoms. The summed E-state index contributed by atoms with van der Waals surface area (Å²) in [4.78, 5) is 18.5. The molecule has 2 aliphatic rings. The lowest BCUT2D eigenvalue weighted by molar-refractivity contribution is -0.137. The first-order valence-electron chi connectivity index (χ1n) is 9.02. The van der Waals surface area contributed by atoms with E-state index < -0.39 is 11.7 Å². The van der Waals surface area contributed by atoms with Gasteiger partial charge >= 0.3 is 6.18 Å². The van der Waals surface area contributed by atoms with Crippen LogP contribution in [0.2, 0.25) is 0 Å². The third-order valence-electron chi connectivity index (χ3n) is 5.62. The Morgan fingerprint density at radius 3 is 2.48 bits per heavy atom. The van der Waals surface area contributed by atoms with Crippen LogP contribution in [0.3, 0.4) is 0 Å². The highest BCUT2D eigenvalue weighted by atomic mass is 19.4. The summed E-state index contributed by atoms with van der Waals surface area (Å²) in [7, 11) is 0. The van der Waals surface area contributed by atoms with Crippen LogP contribution >= 0.6 is 0 Å². The fourth-order valence-corrected chi connectivity index (χ4v) is 4.10. The summed E-state index contributed by atoms with van der Waals surface area (Å²) in [5, 5.41) is 3.16. The molecule has 142 valence electrons. The molecular weight excluding hydrogens is 355 g/mol. The Balaban J connectivity index is 1.46. The SMILES string of the molecule is O=C1NC2(CCN(c3cc(C(F)(F)F)ccn3)CC2)CC1c1ccccc1. The van der Waals surface area contributed by atoms with E-state index in [9.17, 15) is 18.0 Å².